The van der Waals surface area contributed by atoms with Gasteiger partial charge in [0.15, 0.2) is 11.2 Å². The molecule has 2 aromatic rings. The Labute approximate surface area is 234 Å². The molecule has 2 aliphatic heterocycles. The standard InChI is InChI=1S/C32H36N2O6/c1-27(2)29(5)15-17-31(27,39-25(29)37)23(35)33-21-11-7-19(8-12-21)20-9-13-22(14-10-20)34-24(36)32-18-16-30(6,26(38)40-32)28(32,3)4/h7-14H,15-18H2,1-6H3,(H,33,35)(H,34,36)/t29-,30+,31-,32-/m0/s1. The molecule has 210 valence electrons. The van der Waals surface area contributed by atoms with E-state index in [9.17, 15) is 19.2 Å². The van der Waals surface area contributed by atoms with Crippen molar-refractivity contribution in [3.05, 3.63) is 48.5 Å². The number of anilines is 2. The number of ether oxygens (including phenoxy) is 2. The average Bonchev–Trinajstić information content (AvgIpc) is 3.38. The summed E-state index contributed by atoms with van der Waals surface area (Å²) in [5.41, 5.74) is -1.75. The first kappa shape index (κ1) is 26.5. The van der Waals surface area contributed by atoms with E-state index in [-0.39, 0.29) is 23.8 Å². The number of carbonyl (C=O) groups is 4. The second-order valence-corrected chi connectivity index (χ2v) is 13.4. The zero-order valence-corrected chi connectivity index (χ0v) is 23.9. The van der Waals surface area contributed by atoms with Crippen molar-refractivity contribution < 1.29 is 28.7 Å². The van der Waals surface area contributed by atoms with Gasteiger partial charge in [-0.3, -0.25) is 19.2 Å². The lowest BCUT2D eigenvalue weighted by Gasteiger charge is -2.35. The fraction of sp³-hybridized carbons (Fsp3) is 0.500. The molecule has 4 atom stereocenters. The third kappa shape index (κ3) is 3.02. The summed E-state index contributed by atoms with van der Waals surface area (Å²) in [5, 5.41) is 5.91. The molecule has 6 rings (SSSR count). The van der Waals surface area contributed by atoms with E-state index in [1.165, 1.54) is 0 Å². The molecule has 0 radical (unpaired) electrons. The molecule has 2 heterocycles. The summed E-state index contributed by atoms with van der Waals surface area (Å²) in [5.74, 6) is -1.19. The van der Waals surface area contributed by atoms with Gasteiger partial charge >= 0.3 is 11.9 Å². The molecule has 8 nitrogen and oxygen atoms in total. The second kappa shape index (κ2) is 7.95. The van der Waals surface area contributed by atoms with Crippen LogP contribution in [0.3, 0.4) is 0 Å². The van der Waals surface area contributed by atoms with Crippen LogP contribution in [0.2, 0.25) is 0 Å². The summed E-state index contributed by atoms with van der Waals surface area (Å²) in [6.45, 7) is 11.5. The average molecular weight is 545 g/mol. The van der Waals surface area contributed by atoms with Crippen molar-refractivity contribution in [3.8, 4) is 11.1 Å². The fourth-order valence-corrected chi connectivity index (χ4v) is 7.45. The number of benzene rings is 2. The monoisotopic (exact) mass is 544 g/mol. The highest BCUT2D eigenvalue weighted by molar-refractivity contribution is 6.04. The maximum Gasteiger partial charge on any atom is 0.313 e. The van der Waals surface area contributed by atoms with Crippen LogP contribution in [0.15, 0.2) is 48.5 Å². The molecule has 2 aliphatic carbocycles. The van der Waals surface area contributed by atoms with Crippen molar-refractivity contribution in [1.82, 2.24) is 0 Å². The number of esters is 2. The molecule has 2 saturated heterocycles. The van der Waals surface area contributed by atoms with Crippen LogP contribution in [0, 0.1) is 21.7 Å². The van der Waals surface area contributed by atoms with E-state index in [1.54, 1.807) is 0 Å². The minimum absolute atomic E-state index is 0.293. The first-order valence-electron chi connectivity index (χ1n) is 13.9. The number of hydrogen-bond donors (Lipinski definition) is 2. The van der Waals surface area contributed by atoms with Crippen LogP contribution in [0.5, 0.6) is 0 Å². The number of rotatable bonds is 5. The molecule has 8 heteroatoms. The van der Waals surface area contributed by atoms with Crippen LogP contribution in [0.1, 0.15) is 67.2 Å². The van der Waals surface area contributed by atoms with E-state index in [0.29, 0.717) is 37.1 Å². The van der Waals surface area contributed by atoms with Gasteiger partial charge in [0, 0.05) is 22.2 Å². The Morgan fingerprint density at radius 2 is 0.900 bits per heavy atom. The molecule has 4 fully saturated rings. The molecular formula is C32H36N2O6. The lowest BCUT2D eigenvalue weighted by Crippen LogP contribution is -2.50. The van der Waals surface area contributed by atoms with Crippen LogP contribution >= 0.6 is 0 Å². The molecule has 2 N–H and O–H groups in total. The van der Waals surface area contributed by atoms with Crippen LogP contribution in [-0.4, -0.2) is 35.0 Å². The molecule has 0 unspecified atom stereocenters. The summed E-state index contributed by atoms with van der Waals surface area (Å²) in [4.78, 5) is 51.7. The summed E-state index contributed by atoms with van der Waals surface area (Å²) < 4.78 is 11.4. The van der Waals surface area contributed by atoms with Crippen LogP contribution in [0.25, 0.3) is 11.1 Å². The number of hydrogen-bond acceptors (Lipinski definition) is 6. The van der Waals surface area contributed by atoms with Gasteiger partial charge in [0.2, 0.25) is 0 Å². The molecule has 4 bridgehead atoms. The Hall–Kier alpha value is -3.68. The molecule has 40 heavy (non-hydrogen) atoms. The maximum atomic E-state index is 13.3. The number of nitrogens with one attached hydrogen (secondary N) is 2. The zero-order chi connectivity index (χ0) is 28.9. The van der Waals surface area contributed by atoms with Crippen LogP contribution < -0.4 is 10.6 Å². The van der Waals surface area contributed by atoms with Crippen molar-refractivity contribution >= 4 is 35.1 Å². The van der Waals surface area contributed by atoms with E-state index < -0.39 is 32.9 Å². The zero-order valence-electron chi connectivity index (χ0n) is 23.9. The Morgan fingerprint density at radius 1 is 0.575 bits per heavy atom. The van der Waals surface area contributed by atoms with E-state index >= 15 is 0 Å². The predicted molar refractivity (Wildman–Crippen MR) is 149 cm³/mol. The summed E-state index contributed by atoms with van der Waals surface area (Å²) in [7, 11) is 0. The molecular weight excluding hydrogens is 508 g/mol. The van der Waals surface area contributed by atoms with Gasteiger partial charge in [0.05, 0.1) is 10.8 Å². The summed E-state index contributed by atoms with van der Waals surface area (Å²) >= 11 is 0. The quantitative estimate of drug-likeness (QED) is 0.483. The highest BCUT2D eigenvalue weighted by Crippen LogP contribution is 2.66. The Bertz CT molecular complexity index is 1350. The van der Waals surface area contributed by atoms with Gasteiger partial charge in [-0.2, -0.15) is 0 Å². The fourth-order valence-electron chi connectivity index (χ4n) is 7.45. The van der Waals surface area contributed by atoms with Crippen molar-refractivity contribution in [3.63, 3.8) is 0 Å². The van der Waals surface area contributed by atoms with Gasteiger partial charge in [-0.05, 0) is 74.9 Å². The van der Waals surface area contributed by atoms with Gasteiger partial charge < -0.3 is 20.1 Å². The van der Waals surface area contributed by atoms with E-state index in [2.05, 4.69) is 10.6 Å². The topological polar surface area (TPSA) is 111 Å². The molecule has 0 spiro atoms. The van der Waals surface area contributed by atoms with Crippen molar-refractivity contribution in [2.75, 3.05) is 10.6 Å². The van der Waals surface area contributed by atoms with Gasteiger partial charge in [0.25, 0.3) is 11.8 Å². The summed E-state index contributed by atoms with van der Waals surface area (Å²) in [6.07, 6.45) is 2.28. The molecule has 0 aromatic heterocycles. The predicted octanol–water partition coefficient (Wildman–Crippen LogP) is 5.47. The van der Waals surface area contributed by atoms with Crippen LogP contribution in [-0.2, 0) is 28.7 Å². The lowest BCUT2D eigenvalue weighted by atomic mass is 9.66. The van der Waals surface area contributed by atoms with E-state index in [1.807, 2.05) is 90.1 Å². The van der Waals surface area contributed by atoms with Crippen molar-refractivity contribution in [2.24, 2.45) is 21.7 Å². The third-order valence-corrected chi connectivity index (χ3v) is 11.5. The maximum absolute atomic E-state index is 13.3. The minimum atomic E-state index is -1.17. The molecule has 2 saturated carbocycles. The minimum Gasteiger partial charge on any atom is -0.448 e. The third-order valence-electron chi connectivity index (χ3n) is 11.5. The van der Waals surface area contributed by atoms with Crippen molar-refractivity contribution in [1.29, 1.82) is 0 Å². The smallest absolute Gasteiger partial charge is 0.313 e. The van der Waals surface area contributed by atoms with E-state index in [4.69, 9.17) is 9.47 Å². The Kier molecular flexibility index (Phi) is 5.28. The molecule has 2 amide bonds. The summed E-state index contributed by atoms with van der Waals surface area (Å²) in [6, 6.07) is 14.9. The van der Waals surface area contributed by atoms with Crippen LogP contribution in [0.4, 0.5) is 11.4 Å². The first-order valence-corrected chi connectivity index (χ1v) is 13.9. The Balaban J connectivity index is 1.13. The van der Waals surface area contributed by atoms with Gasteiger partial charge in [-0.25, -0.2) is 0 Å². The molecule has 4 aliphatic rings. The first-order chi connectivity index (χ1) is 18.6. The normalized spacial score (nSPS) is 34.4. The van der Waals surface area contributed by atoms with Gasteiger partial charge in [-0.1, -0.05) is 52.0 Å². The molecule has 2 aromatic carbocycles. The largest absolute Gasteiger partial charge is 0.448 e. The Morgan fingerprint density at radius 3 is 1.15 bits per heavy atom. The van der Waals surface area contributed by atoms with E-state index in [0.717, 1.165) is 11.1 Å². The lowest BCUT2D eigenvalue weighted by molar-refractivity contribution is -0.166. The van der Waals surface area contributed by atoms with Gasteiger partial charge in [0.1, 0.15) is 0 Å². The van der Waals surface area contributed by atoms with Gasteiger partial charge in [-0.15, -0.1) is 0 Å². The van der Waals surface area contributed by atoms with Crippen molar-refractivity contribution in [2.45, 2.75) is 78.4 Å². The number of fused-ring (bicyclic) bond motifs is 4. The highest BCUT2D eigenvalue weighted by atomic mass is 16.6. The second-order valence-electron chi connectivity index (χ2n) is 13.4. The highest BCUT2D eigenvalue weighted by Gasteiger charge is 2.76. The SMILES string of the molecule is CC1(C)[C@@]2(C)CC[C@@]1(C(=O)Nc1ccc(-c3ccc(NC(=O)[C@]45CC[C@](C)(C(=O)O4)C5(C)C)cc3)cc1)OC2=O. The number of carbonyl (C=O) groups excluding carboxylic acids is 4. The number of amides is 2.